The number of halogens is 3. The van der Waals surface area contributed by atoms with Crippen LogP contribution in [0.15, 0.2) is 54.9 Å². The number of anilines is 1. The van der Waals surface area contributed by atoms with Gasteiger partial charge >= 0.3 is 12.1 Å². The summed E-state index contributed by atoms with van der Waals surface area (Å²) in [5.74, 6) is -1.59. The molecule has 0 aliphatic carbocycles. The van der Waals surface area contributed by atoms with E-state index in [9.17, 15) is 27.9 Å². The number of nitrogens with two attached hydrogens (primary N) is 1. The Morgan fingerprint density at radius 3 is 2.31 bits per heavy atom. The zero-order valence-corrected chi connectivity index (χ0v) is 19.5. The minimum absolute atomic E-state index is 0.165. The molecular formula is C26H23F3N4O3. The average Bonchev–Trinajstić information content (AvgIpc) is 3.21. The second-order valence-corrected chi connectivity index (χ2v) is 8.50. The molecule has 7 nitrogen and oxygen atoms in total. The highest BCUT2D eigenvalue weighted by atomic mass is 19.4. The number of amides is 1. The van der Waals surface area contributed by atoms with E-state index in [-0.39, 0.29) is 12.1 Å². The first-order valence-electron chi connectivity index (χ1n) is 11.0. The molecule has 0 fully saturated rings. The summed E-state index contributed by atoms with van der Waals surface area (Å²) in [4.78, 5) is 27.5. The van der Waals surface area contributed by atoms with Gasteiger partial charge in [0.1, 0.15) is 11.8 Å². The van der Waals surface area contributed by atoms with E-state index in [2.05, 4.69) is 10.3 Å². The monoisotopic (exact) mass is 496 g/mol. The van der Waals surface area contributed by atoms with E-state index in [1.165, 1.54) is 6.07 Å². The summed E-state index contributed by atoms with van der Waals surface area (Å²) in [7, 11) is 0. The number of imidazole rings is 1. The van der Waals surface area contributed by atoms with Gasteiger partial charge in [-0.1, -0.05) is 12.1 Å². The molecule has 1 amide bonds. The third kappa shape index (κ3) is 5.02. The zero-order chi connectivity index (χ0) is 26.2. The van der Waals surface area contributed by atoms with Crippen LogP contribution in [-0.2, 0) is 0 Å². The van der Waals surface area contributed by atoms with Crippen LogP contribution in [0.25, 0.3) is 27.8 Å². The van der Waals surface area contributed by atoms with Crippen LogP contribution in [0.2, 0.25) is 0 Å². The summed E-state index contributed by atoms with van der Waals surface area (Å²) in [5.41, 5.74) is 10.7. The smallest absolute Gasteiger partial charge is 0.390 e. The number of fused-ring (bicyclic) bond motifs is 1. The van der Waals surface area contributed by atoms with Crippen molar-refractivity contribution in [3.05, 3.63) is 77.1 Å². The molecule has 4 N–H and O–H groups in total. The number of aromatic carboxylic acids is 1. The molecule has 0 aliphatic heterocycles. The molecule has 0 bridgehead atoms. The van der Waals surface area contributed by atoms with Crippen molar-refractivity contribution in [3.63, 3.8) is 0 Å². The molecule has 0 aliphatic rings. The number of hydrogen-bond donors (Lipinski definition) is 3. The Hall–Kier alpha value is -4.34. The number of nitrogens with one attached hydrogen (secondary N) is 1. The number of nitrogens with zero attached hydrogens (tertiary/aromatic N) is 2. The average molecular weight is 496 g/mol. The van der Waals surface area contributed by atoms with Gasteiger partial charge in [0.05, 0.1) is 23.2 Å². The molecule has 186 valence electrons. The number of aryl methyl sites for hydroxylation is 2. The van der Waals surface area contributed by atoms with Crippen LogP contribution in [0.1, 0.15) is 38.3 Å². The normalized spacial score (nSPS) is 11.6. The highest BCUT2D eigenvalue weighted by Gasteiger charge is 2.26. The Bertz CT molecular complexity index is 1490. The van der Waals surface area contributed by atoms with E-state index >= 15 is 0 Å². The van der Waals surface area contributed by atoms with Gasteiger partial charge in [0.2, 0.25) is 5.91 Å². The van der Waals surface area contributed by atoms with Crippen molar-refractivity contribution in [2.45, 2.75) is 26.4 Å². The molecule has 4 aromatic rings. The number of alkyl halides is 3. The molecule has 4 rings (SSSR count). The lowest BCUT2D eigenvalue weighted by Crippen LogP contribution is -2.14. The maximum atomic E-state index is 12.8. The fourth-order valence-electron chi connectivity index (χ4n) is 4.12. The number of hydrogen-bond acceptors (Lipinski definition) is 4. The summed E-state index contributed by atoms with van der Waals surface area (Å²) in [5, 5.41) is 12.2. The van der Waals surface area contributed by atoms with Crippen LogP contribution in [0.4, 0.5) is 18.9 Å². The molecular weight excluding hydrogens is 473 g/mol. The van der Waals surface area contributed by atoms with Crippen molar-refractivity contribution in [2.24, 2.45) is 5.73 Å². The van der Waals surface area contributed by atoms with Crippen LogP contribution in [0.3, 0.4) is 0 Å². The summed E-state index contributed by atoms with van der Waals surface area (Å²) < 4.78 is 40.1. The predicted octanol–water partition coefficient (Wildman–Crippen LogP) is 5.47. The van der Waals surface area contributed by atoms with Gasteiger partial charge in [0.25, 0.3) is 0 Å². The molecule has 3 aromatic carbocycles. The number of carboxylic acid groups (broad SMARTS) is 1. The van der Waals surface area contributed by atoms with Crippen molar-refractivity contribution in [1.82, 2.24) is 9.55 Å². The van der Waals surface area contributed by atoms with E-state index < -0.39 is 24.5 Å². The minimum atomic E-state index is -4.31. The Balaban J connectivity index is 1.86. The Morgan fingerprint density at radius 2 is 1.69 bits per heavy atom. The number of carbonyl (C=O) groups is 2. The second kappa shape index (κ2) is 9.37. The maximum Gasteiger partial charge on any atom is 0.390 e. The third-order valence-electron chi connectivity index (χ3n) is 5.92. The van der Waals surface area contributed by atoms with E-state index in [4.69, 9.17) is 5.73 Å². The Kier molecular flexibility index (Phi) is 6.45. The number of benzene rings is 3. The van der Waals surface area contributed by atoms with Crippen molar-refractivity contribution < 1.29 is 27.9 Å². The highest BCUT2D eigenvalue weighted by molar-refractivity contribution is 5.96. The first-order chi connectivity index (χ1) is 16.9. The second-order valence-electron chi connectivity index (χ2n) is 8.50. The quantitative estimate of drug-likeness (QED) is 0.314. The molecule has 0 saturated heterocycles. The molecule has 0 atom stereocenters. The van der Waals surface area contributed by atoms with Crippen LogP contribution < -0.4 is 11.1 Å². The molecule has 10 heteroatoms. The van der Waals surface area contributed by atoms with E-state index in [0.717, 1.165) is 0 Å². The van der Waals surface area contributed by atoms with Crippen molar-refractivity contribution in [3.8, 4) is 16.8 Å². The number of carbonyl (C=O) groups excluding carboxylic acids is 1. The van der Waals surface area contributed by atoms with Gasteiger partial charge in [-0.25, -0.2) is 9.78 Å². The number of aromatic nitrogens is 2. The Morgan fingerprint density at radius 1 is 1.00 bits per heavy atom. The first-order valence-corrected chi connectivity index (χ1v) is 11.0. The lowest BCUT2D eigenvalue weighted by Gasteiger charge is -2.14. The van der Waals surface area contributed by atoms with Crippen LogP contribution in [-0.4, -0.2) is 39.3 Å². The maximum absolute atomic E-state index is 12.8. The SMILES string of the molecule is Cc1cc(-n2cnc3c(NCCC(F)(F)F)cc(-c4ccc(C(=O)O)c(C)c4)cc32)ccc1C(N)=O. The topological polar surface area (TPSA) is 110 Å². The fourth-order valence-corrected chi connectivity index (χ4v) is 4.12. The van der Waals surface area contributed by atoms with E-state index in [1.54, 1.807) is 61.1 Å². The third-order valence-corrected chi connectivity index (χ3v) is 5.92. The molecule has 1 aromatic heterocycles. The summed E-state index contributed by atoms with van der Waals surface area (Å²) in [6.45, 7) is 3.10. The van der Waals surface area contributed by atoms with Gasteiger partial charge < -0.3 is 16.2 Å². The minimum Gasteiger partial charge on any atom is -0.478 e. The van der Waals surface area contributed by atoms with Gasteiger partial charge in [-0.2, -0.15) is 13.2 Å². The van der Waals surface area contributed by atoms with Crippen molar-refractivity contribution >= 4 is 28.6 Å². The van der Waals surface area contributed by atoms with Gasteiger partial charge in [-0.05, 0) is 72.5 Å². The van der Waals surface area contributed by atoms with Crippen molar-refractivity contribution in [2.75, 3.05) is 11.9 Å². The molecule has 0 saturated carbocycles. The van der Waals surface area contributed by atoms with Gasteiger partial charge in [0, 0.05) is 17.8 Å². The first kappa shape index (κ1) is 24.8. The zero-order valence-electron chi connectivity index (χ0n) is 19.5. The lowest BCUT2D eigenvalue weighted by molar-refractivity contribution is -0.131. The van der Waals surface area contributed by atoms with Gasteiger partial charge in [-0.3, -0.25) is 9.36 Å². The number of primary amides is 1. The van der Waals surface area contributed by atoms with Crippen molar-refractivity contribution in [1.29, 1.82) is 0 Å². The van der Waals surface area contributed by atoms with Gasteiger partial charge in [-0.15, -0.1) is 0 Å². The van der Waals surface area contributed by atoms with E-state index in [0.29, 0.717) is 50.2 Å². The van der Waals surface area contributed by atoms with Crippen LogP contribution >= 0.6 is 0 Å². The molecule has 0 radical (unpaired) electrons. The summed E-state index contributed by atoms with van der Waals surface area (Å²) >= 11 is 0. The number of carboxylic acids is 1. The van der Waals surface area contributed by atoms with Crippen LogP contribution in [0, 0.1) is 13.8 Å². The predicted molar refractivity (Wildman–Crippen MR) is 131 cm³/mol. The molecule has 0 spiro atoms. The highest BCUT2D eigenvalue weighted by Crippen LogP contribution is 2.33. The molecule has 1 heterocycles. The molecule has 0 unspecified atom stereocenters. The summed E-state index contributed by atoms with van der Waals surface area (Å²) in [6, 6.07) is 13.5. The fraction of sp³-hybridized carbons (Fsp3) is 0.192. The lowest BCUT2D eigenvalue weighted by atomic mass is 9.98. The van der Waals surface area contributed by atoms with Crippen LogP contribution in [0.5, 0.6) is 0 Å². The number of rotatable bonds is 7. The summed E-state index contributed by atoms with van der Waals surface area (Å²) in [6.07, 6.45) is -3.77. The largest absolute Gasteiger partial charge is 0.478 e. The standard InChI is InChI=1S/C26H23F3N4O3/c1-14-9-16(3-5-20(14)25(35)36)17-11-21(31-8-7-26(27,28)29)23-22(12-17)33(13-32-23)18-4-6-19(24(30)34)15(2)10-18/h3-6,9-13,31H,7-8H2,1-2H3,(H2,30,34)(H,35,36). The van der Waals surface area contributed by atoms with E-state index in [1.807, 2.05) is 6.07 Å². The molecule has 36 heavy (non-hydrogen) atoms. The van der Waals surface area contributed by atoms with Gasteiger partial charge in [0.15, 0.2) is 0 Å². The Labute approximate surface area is 204 Å².